The number of furan rings is 1. The zero-order valence-electron chi connectivity index (χ0n) is 12.8. The molecule has 0 unspecified atom stereocenters. The van der Waals surface area contributed by atoms with Crippen LogP contribution in [-0.2, 0) is 6.54 Å². The van der Waals surface area contributed by atoms with Crippen molar-refractivity contribution >= 4 is 41.7 Å². The molecule has 1 aromatic carbocycles. The standard InChI is InChI=1S/C15H21N3O2.2ClH/c1-18(2)10-12-11-6-3-4-7-13(11)20-14(12)15(19)17-9-5-8-16;;/h3-4,6-7H,5,8-10,16H2,1-2H3,(H,17,19);2*1H. The van der Waals surface area contributed by atoms with E-state index in [2.05, 4.69) is 5.32 Å². The highest BCUT2D eigenvalue weighted by molar-refractivity contribution is 5.99. The molecule has 22 heavy (non-hydrogen) atoms. The van der Waals surface area contributed by atoms with Gasteiger partial charge in [0.15, 0.2) is 5.76 Å². The highest BCUT2D eigenvalue weighted by Gasteiger charge is 2.20. The van der Waals surface area contributed by atoms with Gasteiger partial charge in [0.25, 0.3) is 5.91 Å². The van der Waals surface area contributed by atoms with Gasteiger partial charge in [0.05, 0.1) is 0 Å². The third-order valence-electron chi connectivity index (χ3n) is 3.05. The van der Waals surface area contributed by atoms with Crippen LogP contribution < -0.4 is 11.1 Å². The average molecular weight is 348 g/mol. The van der Waals surface area contributed by atoms with Crippen molar-refractivity contribution in [1.29, 1.82) is 0 Å². The van der Waals surface area contributed by atoms with Crippen molar-refractivity contribution in [2.75, 3.05) is 27.2 Å². The summed E-state index contributed by atoms with van der Waals surface area (Å²) in [6, 6.07) is 7.72. The van der Waals surface area contributed by atoms with Crippen LogP contribution in [0, 0.1) is 0 Å². The average Bonchev–Trinajstić information content (AvgIpc) is 2.77. The van der Waals surface area contributed by atoms with Gasteiger partial charge in [0, 0.05) is 24.0 Å². The molecule has 0 atom stereocenters. The third-order valence-corrected chi connectivity index (χ3v) is 3.05. The first-order chi connectivity index (χ1) is 9.63. The van der Waals surface area contributed by atoms with Crippen LogP contribution in [0.4, 0.5) is 0 Å². The number of nitrogens with two attached hydrogens (primary N) is 1. The summed E-state index contributed by atoms with van der Waals surface area (Å²) in [6.45, 7) is 1.79. The molecule has 7 heteroatoms. The lowest BCUT2D eigenvalue weighted by atomic mass is 10.1. The van der Waals surface area contributed by atoms with Crippen LogP contribution in [0.2, 0.25) is 0 Å². The van der Waals surface area contributed by atoms with Gasteiger partial charge in [-0.05, 0) is 33.1 Å². The quantitative estimate of drug-likeness (QED) is 0.787. The third kappa shape index (κ3) is 4.88. The number of amides is 1. The zero-order chi connectivity index (χ0) is 14.5. The Morgan fingerprint density at radius 2 is 1.95 bits per heavy atom. The van der Waals surface area contributed by atoms with Crippen LogP contribution in [0.15, 0.2) is 28.7 Å². The van der Waals surface area contributed by atoms with Crippen LogP contribution in [0.5, 0.6) is 0 Å². The monoisotopic (exact) mass is 347 g/mol. The minimum Gasteiger partial charge on any atom is -0.451 e. The first-order valence-corrected chi connectivity index (χ1v) is 6.77. The lowest BCUT2D eigenvalue weighted by Gasteiger charge is -2.10. The molecule has 1 aromatic heterocycles. The van der Waals surface area contributed by atoms with Gasteiger partial charge in [-0.1, -0.05) is 18.2 Å². The molecule has 0 saturated heterocycles. The van der Waals surface area contributed by atoms with Crippen molar-refractivity contribution in [3.05, 3.63) is 35.6 Å². The van der Waals surface area contributed by atoms with Gasteiger partial charge in [-0.25, -0.2) is 0 Å². The van der Waals surface area contributed by atoms with Crippen molar-refractivity contribution in [2.45, 2.75) is 13.0 Å². The minimum atomic E-state index is -0.175. The van der Waals surface area contributed by atoms with Crippen molar-refractivity contribution in [3.8, 4) is 0 Å². The number of benzene rings is 1. The number of fused-ring (bicyclic) bond motifs is 1. The van der Waals surface area contributed by atoms with Crippen molar-refractivity contribution < 1.29 is 9.21 Å². The van der Waals surface area contributed by atoms with Gasteiger partial charge in [0.2, 0.25) is 0 Å². The fourth-order valence-electron chi connectivity index (χ4n) is 2.14. The van der Waals surface area contributed by atoms with Gasteiger partial charge >= 0.3 is 0 Å². The number of carbonyl (C=O) groups is 1. The highest BCUT2D eigenvalue weighted by Crippen LogP contribution is 2.26. The fourth-order valence-corrected chi connectivity index (χ4v) is 2.14. The van der Waals surface area contributed by atoms with E-state index in [4.69, 9.17) is 10.2 Å². The van der Waals surface area contributed by atoms with Crippen molar-refractivity contribution in [2.24, 2.45) is 5.73 Å². The number of para-hydroxylation sites is 1. The molecule has 0 aliphatic rings. The molecule has 2 rings (SSSR count). The van der Waals surface area contributed by atoms with Gasteiger partial charge < -0.3 is 20.4 Å². The van der Waals surface area contributed by atoms with E-state index in [0.29, 0.717) is 25.4 Å². The molecule has 2 aromatic rings. The fraction of sp³-hybridized carbons (Fsp3) is 0.400. The topological polar surface area (TPSA) is 71.5 Å². The number of halogens is 2. The van der Waals surface area contributed by atoms with Crippen LogP contribution in [0.1, 0.15) is 22.5 Å². The molecule has 0 bridgehead atoms. The van der Waals surface area contributed by atoms with E-state index in [0.717, 1.165) is 23.0 Å². The maximum atomic E-state index is 12.2. The van der Waals surface area contributed by atoms with Gasteiger partial charge in [-0.15, -0.1) is 24.8 Å². The second-order valence-corrected chi connectivity index (χ2v) is 5.04. The lowest BCUT2D eigenvalue weighted by molar-refractivity contribution is 0.0925. The molecule has 1 amide bonds. The van der Waals surface area contributed by atoms with E-state index in [1.165, 1.54) is 0 Å². The van der Waals surface area contributed by atoms with E-state index in [9.17, 15) is 4.79 Å². The van der Waals surface area contributed by atoms with Gasteiger partial charge in [-0.2, -0.15) is 0 Å². The first-order valence-electron chi connectivity index (χ1n) is 6.77. The Bertz CT molecular complexity index is 599. The lowest BCUT2D eigenvalue weighted by Crippen LogP contribution is -2.27. The van der Waals surface area contributed by atoms with Crippen molar-refractivity contribution in [3.63, 3.8) is 0 Å². The summed E-state index contributed by atoms with van der Waals surface area (Å²) >= 11 is 0. The van der Waals surface area contributed by atoms with Gasteiger partial charge in [-0.3, -0.25) is 4.79 Å². The summed E-state index contributed by atoms with van der Waals surface area (Å²) in [6.07, 6.45) is 0.759. The van der Waals surface area contributed by atoms with E-state index < -0.39 is 0 Å². The normalized spacial score (nSPS) is 10.2. The molecule has 1 heterocycles. The predicted octanol–water partition coefficient (Wildman–Crippen LogP) is 2.42. The van der Waals surface area contributed by atoms with E-state index in [-0.39, 0.29) is 30.7 Å². The predicted molar refractivity (Wildman–Crippen MR) is 94.1 cm³/mol. The van der Waals surface area contributed by atoms with Gasteiger partial charge in [0.1, 0.15) is 5.58 Å². The van der Waals surface area contributed by atoms with E-state index >= 15 is 0 Å². The molecule has 0 radical (unpaired) electrons. The summed E-state index contributed by atoms with van der Waals surface area (Å²) in [5.74, 6) is 0.225. The molecule has 3 N–H and O–H groups in total. The molecule has 0 fully saturated rings. The number of rotatable bonds is 6. The Morgan fingerprint density at radius 3 is 2.59 bits per heavy atom. The molecule has 0 spiro atoms. The largest absolute Gasteiger partial charge is 0.451 e. The smallest absolute Gasteiger partial charge is 0.287 e. The maximum absolute atomic E-state index is 12.2. The molecular weight excluding hydrogens is 325 g/mol. The number of nitrogens with zero attached hydrogens (tertiary/aromatic N) is 1. The Balaban J connectivity index is 0.00000220. The highest BCUT2D eigenvalue weighted by atomic mass is 35.5. The van der Waals surface area contributed by atoms with E-state index in [1.54, 1.807) is 0 Å². The maximum Gasteiger partial charge on any atom is 0.287 e. The minimum absolute atomic E-state index is 0. The van der Waals surface area contributed by atoms with Crippen LogP contribution in [0.3, 0.4) is 0 Å². The summed E-state index contributed by atoms with van der Waals surface area (Å²) in [5, 5.41) is 3.83. The second-order valence-electron chi connectivity index (χ2n) is 5.04. The number of carbonyl (C=O) groups excluding carboxylic acids is 1. The number of hydrogen-bond acceptors (Lipinski definition) is 4. The molecule has 0 saturated carbocycles. The molecular formula is C15H23Cl2N3O2. The molecule has 124 valence electrons. The molecule has 0 aliphatic heterocycles. The summed E-state index contributed by atoms with van der Waals surface area (Å²) in [5.41, 5.74) is 7.10. The summed E-state index contributed by atoms with van der Waals surface area (Å²) < 4.78 is 5.72. The van der Waals surface area contributed by atoms with Crippen LogP contribution in [-0.4, -0.2) is 38.0 Å². The van der Waals surface area contributed by atoms with Crippen molar-refractivity contribution in [1.82, 2.24) is 10.2 Å². The Hall–Kier alpha value is -1.27. The molecule has 5 nitrogen and oxygen atoms in total. The second kappa shape index (κ2) is 9.69. The summed E-state index contributed by atoms with van der Waals surface area (Å²) in [7, 11) is 3.94. The first kappa shape index (κ1) is 20.7. The Morgan fingerprint density at radius 1 is 1.27 bits per heavy atom. The Labute approximate surface area is 143 Å². The SMILES string of the molecule is CN(C)Cc1c(C(=O)NCCCN)oc2ccccc12.Cl.Cl. The zero-order valence-corrected chi connectivity index (χ0v) is 14.4. The Kier molecular flexibility index (Phi) is 9.13. The van der Waals surface area contributed by atoms with Crippen LogP contribution in [0.25, 0.3) is 11.0 Å². The summed E-state index contributed by atoms with van der Waals surface area (Å²) in [4.78, 5) is 14.2. The molecule has 0 aliphatic carbocycles. The number of hydrogen-bond donors (Lipinski definition) is 2. The number of nitrogens with one attached hydrogen (secondary N) is 1. The van der Waals surface area contributed by atoms with E-state index in [1.807, 2.05) is 43.3 Å². The van der Waals surface area contributed by atoms with Crippen LogP contribution >= 0.6 is 24.8 Å².